The molecule has 84 valence electrons. The highest BCUT2D eigenvalue weighted by molar-refractivity contribution is 9.10. The summed E-state index contributed by atoms with van der Waals surface area (Å²) in [4.78, 5) is 11.5. The minimum absolute atomic E-state index is 0.0382. The molecule has 2 rings (SSSR count). The smallest absolute Gasteiger partial charge is 0.203 e. The Morgan fingerprint density at radius 1 is 1.38 bits per heavy atom. The van der Waals surface area contributed by atoms with Crippen molar-refractivity contribution in [2.75, 3.05) is 0 Å². The third-order valence-corrected chi connectivity index (χ3v) is 4.96. The Balaban J connectivity index is 2.61. The van der Waals surface area contributed by atoms with Gasteiger partial charge in [-0.05, 0) is 25.1 Å². The van der Waals surface area contributed by atoms with Crippen LogP contribution in [0.25, 0.3) is 6.08 Å². The van der Waals surface area contributed by atoms with Crippen molar-refractivity contribution in [1.29, 1.82) is 0 Å². The van der Waals surface area contributed by atoms with E-state index in [2.05, 4.69) is 15.9 Å². The molecular weight excluding hydrogens is 292 g/mol. The van der Waals surface area contributed by atoms with Gasteiger partial charge < -0.3 is 0 Å². The molecule has 0 bridgehead atoms. The second-order valence-electron chi connectivity index (χ2n) is 3.64. The van der Waals surface area contributed by atoms with Gasteiger partial charge in [-0.2, -0.15) is 0 Å². The molecule has 0 atom stereocenters. The number of ketones is 1. The van der Waals surface area contributed by atoms with Crippen LogP contribution in [0.4, 0.5) is 0 Å². The summed E-state index contributed by atoms with van der Waals surface area (Å²) >= 11 is 3.30. The van der Waals surface area contributed by atoms with Crippen LogP contribution in [0.1, 0.15) is 18.9 Å². The van der Waals surface area contributed by atoms with E-state index in [4.69, 9.17) is 0 Å². The minimum Gasteiger partial charge on any atom is -0.300 e. The summed E-state index contributed by atoms with van der Waals surface area (Å²) in [6.07, 6.45) is 1.53. The molecular formula is C11H9BrO3S. The molecule has 1 heterocycles. The standard InChI is InChI=1S/C11H9BrO3S/c1-7(13)5-8-6-9-10(12)3-2-4-11(9)16(8,14)15/h2-4,6H,5H2,1H3. The zero-order chi connectivity index (χ0) is 11.9. The first-order valence-corrected chi connectivity index (χ1v) is 6.94. The Bertz CT molecular complexity index is 600. The Kier molecular flexibility index (Phi) is 2.75. The Hall–Kier alpha value is -0.940. The molecule has 0 saturated carbocycles. The number of sulfone groups is 1. The van der Waals surface area contributed by atoms with E-state index in [9.17, 15) is 13.2 Å². The molecule has 5 heteroatoms. The predicted molar refractivity (Wildman–Crippen MR) is 64.6 cm³/mol. The molecule has 3 nitrogen and oxygen atoms in total. The molecule has 0 spiro atoms. The topological polar surface area (TPSA) is 51.2 Å². The normalized spacial score (nSPS) is 16.8. The molecule has 16 heavy (non-hydrogen) atoms. The van der Waals surface area contributed by atoms with Crippen LogP contribution in [0.2, 0.25) is 0 Å². The SMILES string of the molecule is CC(=O)CC1=Cc2c(Br)cccc2S1(=O)=O. The molecule has 0 radical (unpaired) electrons. The highest BCUT2D eigenvalue weighted by Gasteiger charge is 2.30. The Morgan fingerprint density at radius 3 is 2.62 bits per heavy atom. The number of carbonyl (C=O) groups is 1. The Labute approximate surface area is 102 Å². The average Bonchev–Trinajstić information content (AvgIpc) is 2.41. The lowest BCUT2D eigenvalue weighted by atomic mass is 10.2. The van der Waals surface area contributed by atoms with Crippen molar-refractivity contribution in [1.82, 2.24) is 0 Å². The third-order valence-electron chi connectivity index (χ3n) is 2.38. The van der Waals surface area contributed by atoms with Crippen molar-refractivity contribution in [2.45, 2.75) is 18.2 Å². The van der Waals surface area contributed by atoms with Gasteiger partial charge in [0.25, 0.3) is 0 Å². The van der Waals surface area contributed by atoms with Crippen LogP contribution < -0.4 is 0 Å². The van der Waals surface area contributed by atoms with Gasteiger partial charge >= 0.3 is 0 Å². The third kappa shape index (κ3) is 1.74. The van der Waals surface area contributed by atoms with E-state index in [1.54, 1.807) is 24.3 Å². The number of carbonyl (C=O) groups excluding carboxylic acids is 1. The van der Waals surface area contributed by atoms with Crippen molar-refractivity contribution in [3.8, 4) is 0 Å². The van der Waals surface area contributed by atoms with E-state index < -0.39 is 9.84 Å². The quantitative estimate of drug-likeness (QED) is 0.843. The van der Waals surface area contributed by atoms with Gasteiger partial charge in [0.2, 0.25) is 9.84 Å². The van der Waals surface area contributed by atoms with E-state index in [0.717, 1.165) is 4.47 Å². The van der Waals surface area contributed by atoms with Crippen LogP contribution in [-0.4, -0.2) is 14.2 Å². The predicted octanol–water partition coefficient (Wildman–Crippen LogP) is 2.56. The molecule has 0 saturated heterocycles. The lowest BCUT2D eigenvalue weighted by Crippen LogP contribution is -2.04. The first-order valence-electron chi connectivity index (χ1n) is 4.66. The maximum atomic E-state index is 12.0. The van der Waals surface area contributed by atoms with E-state index >= 15 is 0 Å². The molecule has 0 N–H and O–H groups in total. The number of rotatable bonds is 2. The number of hydrogen-bond acceptors (Lipinski definition) is 3. The number of hydrogen-bond donors (Lipinski definition) is 0. The van der Waals surface area contributed by atoms with Crippen molar-refractivity contribution < 1.29 is 13.2 Å². The number of benzene rings is 1. The molecule has 1 aromatic carbocycles. The molecule has 0 fully saturated rings. The summed E-state index contributed by atoms with van der Waals surface area (Å²) in [7, 11) is -3.45. The minimum atomic E-state index is -3.45. The van der Waals surface area contributed by atoms with Crippen molar-refractivity contribution in [3.05, 3.63) is 33.1 Å². The lowest BCUT2D eigenvalue weighted by Gasteiger charge is -2.01. The number of halogens is 1. The maximum absolute atomic E-state index is 12.0. The lowest BCUT2D eigenvalue weighted by molar-refractivity contribution is -0.116. The summed E-state index contributed by atoms with van der Waals surface area (Å²) in [6, 6.07) is 5.01. The summed E-state index contributed by atoms with van der Waals surface area (Å²) < 4.78 is 24.8. The van der Waals surface area contributed by atoms with Gasteiger partial charge in [-0.3, -0.25) is 4.79 Å². The van der Waals surface area contributed by atoms with Gasteiger partial charge in [-0.15, -0.1) is 0 Å². The van der Waals surface area contributed by atoms with Crippen molar-refractivity contribution >= 4 is 37.6 Å². The van der Waals surface area contributed by atoms with E-state index in [-0.39, 0.29) is 22.0 Å². The van der Waals surface area contributed by atoms with Crippen LogP contribution in [0.5, 0.6) is 0 Å². The highest BCUT2D eigenvalue weighted by atomic mass is 79.9. The zero-order valence-electron chi connectivity index (χ0n) is 8.53. The first-order chi connectivity index (χ1) is 7.43. The number of allylic oxidation sites excluding steroid dienone is 1. The van der Waals surface area contributed by atoms with E-state index in [1.807, 2.05) is 0 Å². The highest BCUT2D eigenvalue weighted by Crippen LogP contribution is 2.38. The van der Waals surface area contributed by atoms with Gasteiger partial charge in [-0.25, -0.2) is 8.42 Å². The largest absolute Gasteiger partial charge is 0.300 e. The monoisotopic (exact) mass is 300 g/mol. The van der Waals surface area contributed by atoms with Gasteiger partial charge in [0.1, 0.15) is 5.78 Å². The number of Topliss-reactive ketones (excluding diaryl/α,β-unsaturated/α-hetero) is 1. The van der Waals surface area contributed by atoms with Crippen molar-refractivity contribution in [3.63, 3.8) is 0 Å². The fourth-order valence-electron chi connectivity index (χ4n) is 1.66. The molecule has 0 aliphatic carbocycles. The summed E-state index contributed by atoms with van der Waals surface area (Å²) in [5.74, 6) is -0.154. The van der Waals surface area contributed by atoms with Crippen LogP contribution in [0, 0.1) is 0 Å². The molecule has 0 amide bonds. The molecule has 1 aromatic rings. The summed E-state index contributed by atoms with van der Waals surface area (Å²) in [5.41, 5.74) is 0.638. The molecule has 1 aliphatic rings. The second-order valence-corrected chi connectivity index (χ2v) is 6.47. The van der Waals surface area contributed by atoms with Crippen LogP contribution >= 0.6 is 15.9 Å². The van der Waals surface area contributed by atoms with Gasteiger partial charge in [0, 0.05) is 16.5 Å². The number of fused-ring (bicyclic) bond motifs is 1. The van der Waals surface area contributed by atoms with Crippen LogP contribution in [0.3, 0.4) is 0 Å². The fraction of sp³-hybridized carbons (Fsp3) is 0.182. The van der Waals surface area contributed by atoms with Gasteiger partial charge in [0.05, 0.1) is 9.80 Å². The average molecular weight is 301 g/mol. The van der Waals surface area contributed by atoms with Crippen LogP contribution in [-0.2, 0) is 14.6 Å². The summed E-state index contributed by atoms with van der Waals surface area (Å²) in [5, 5.41) is 0. The van der Waals surface area contributed by atoms with Gasteiger partial charge in [0.15, 0.2) is 0 Å². The van der Waals surface area contributed by atoms with E-state index in [1.165, 1.54) is 6.92 Å². The fourth-order valence-corrected chi connectivity index (χ4v) is 3.94. The zero-order valence-corrected chi connectivity index (χ0v) is 10.9. The molecule has 0 unspecified atom stereocenters. The van der Waals surface area contributed by atoms with Gasteiger partial charge in [-0.1, -0.05) is 22.0 Å². The van der Waals surface area contributed by atoms with Crippen LogP contribution in [0.15, 0.2) is 32.5 Å². The second kappa shape index (κ2) is 3.82. The van der Waals surface area contributed by atoms with E-state index in [0.29, 0.717) is 5.56 Å². The summed E-state index contributed by atoms with van der Waals surface area (Å²) in [6.45, 7) is 1.38. The molecule has 0 aromatic heterocycles. The van der Waals surface area contributed by atoms with Crippen molar-refractivity contribution in [2.24, 2.45) is 0 Å². The maximum Gasteiger partial charge on any atom is 0.203 e. The molecule has 1 aliphatic heterocycles. The Morgan fingerprint density at radius 2 is 2.06 bits per heavy atom. The first kappa shape index (κ1) is 11.5.